The summed E-state index contributed by atoms with van der Waals surface area (Å²) in [5.41, 5.74) is 2.28. The van der Waals surface area contributed by atoms with Crippen LogP contribution in [0.4, 0.5) is 10.1 Å². The molecule has 1 atom stereocenters. The minimum Gasteiger partial charge on any atom is -0.325 e. The quantitative estimate of drug-likeness (QED) is 0.643. The van der Waals surface area contributed by atoms with Crippen LogP contribution < -0.4 is 5.32 Å². The molecule has 0 spiro atoms. The van der Waals surface area contributed by atoms with Crippen molar-refractivity contribution in [2.45, 2.75) is 30.7 Å². The lowest BCUT2D eigenvalue weighted by Gasteiger charge is -2.23. The van der Waals surface area contributed by atoms with E-state index in [0.29, 0.717) is 18.5 Å². The minimum absolute atomic E-state index is 0.0236. The number of halogens is 1. The number of hydrogen-bond donors (Lipinski definition) is 1. The van der Waals surface area contributed by atoms with E-state index in [9.17, 15) is 17.6 Å². The SMILES string of the molecule is Cc1nc(-c2cccc(NC(=O)[C@@H]3CCCN3S(=O)(=O)c3ccc(F)cc3)c2)cs1. The van der Waals surface area contributed by atoms with E-state index in [1.807, 2.05) is 30.5 Å². The first-order chi connectivity index (χ1) is 14.3. The van der Waals surface area contributed by atoms with E-state index in [-0.39, 0.29) is 17.3 Å². The van der Waals surface area contributed by atoms with Crippen molar-refractivity contribution in [1.82, 2.24) is 9.29 Å². The first-order valence-corrected chi connectivity index (χ1v) is 11.8. The Morgan fingerprint density at radius 3 is 2.70 bits per heavy atom. The Kier molecular flexibility index (Phi) is 5.68. The smallest absolute Gasteiger partial charge is 0.243 e. The molecule has 1 saturated heterocycles. The molecule has 1 aromatic heterocycles. The fourth-order valence-corrected chi connectivity index (χ4v) is 5.79. The number of carbonyl (C=O) groups is 1. The van der Waals surface area contributed by atoms with Gasteiger partial charge in [0.1, 0.15) is 11.9 Å². The zero-order chi connectivity index (χ0) is 21.3. The van der Waals surface area contributed by atoms with Crippen LogP contribution in [-0.2, 0) is 14.8 Å². The number of aromatic nitrogens is 1. The zero-order valence-electron chi connectivity index (χ0n) is 16.2. The number of thiazole rings is 1. The lowest BCUT2D eigenvalue weighted by Crippen LogP contribution is -2.43. The number of carbonyl (C=O) groups excluding carboxylic acids is 1. The van der Waals surface area contributed by atoms with Crippen molar-refractivity contribution in [1.29, 1.82) is 0 Å². The molecule has 0 radical (unpaired) electrons. The van der Waals surface area contributed by atoms with E-state index in [2.05, 4.69) is 10.3 Å². The second-order valence-electron chi connectivity index (χ2n) is 7.05. The van der Waals surface area contributed by atoms with Crippen molar-refractivity contribution >= 4 is 33.0 Å². The lowest BCUT2D eigenvalue weighted by molar-refractivity contribution is -0.119. The molecule has 1 amide bonds. The third kappa shape index (κ3) is 4.14. The molecular weight excluding hydrogens is 425 g/mol. The van der Waals surface area contributed by atoms with E-state index < -0.39 is 21.9 Å². The molecule has 1 fully saturated rings. The number of nitrogens with zero attached hydrogens (tertiary/aromatic N) is 2. The van der Waals surface area contributed by atoms with E-state index in [4.69, 9.17) is 0 Å². The van der Waals surface area contributed by atoms with Gasteiger partial charge in [0.05, 0.1) is 15.6 Å². The number of hydrogen-bond acceptors (Lipinski definition) is 5. The Morgan fingerprint density at radius 1 is 1.23 bits per heavy atom. The molecule has 2 aromatic carbocycles. The van der Waals surface area contributed by atoms with Gasteiger partial charge in [-0.3, -0.25) is 4.79 Å². The highest BCUT2D eigenvalue weighted by molar-refractivity contribution is 7.89. The monoisotopic (exact) mass is 445 g/mol. The maximum atomic E-state index is 13.2. The molecule has 1 aliphatic rings. The third-order valence-electron chi connectivity index (χ3n) is 4.97. The van der Waals surface area contributed by atoms with E-state index in [0.717, 1.165) is 28.4 Å². The molecular formula is C21H20FN3O3S2. The number of nitrogens with one attached hydrogen (secondary N) is 1. The highest BCUT2D eigenvalue weighted by atomic mass is 32.2. The Labute approximate surface area is 178 Å². The zero-order valence-corrected chi connectivity index (χ0v) is 17.8. The van der Waals surface area contributed by atoms with Gasteiger partial charge in [0.25, 0.3) is 0 Å². The van der Waals surface area contributed by atoms with Gasteiger partial charge in [-0.15, -0.1) is 11.3 Å². The Bertz CT molecular complexity index is 1180. The van der Waals surface area contributed by atoms with Gasteiger partial charge < -0.3 is 5.32 Å². The Hall–Kier alpha value is -2.62. The molecule has 0 unspecified atom stereocenters. The molecule has 1 N–H and O–H groups in total. The Morgan fingerprint density at radius 2 is 2.00 bits per heavy atom. The molecule has 9 heteroatoms. The molecule has 4 rings (SSSR count). The minimum atomic E-state index is -3.89. The summed E-state index contributed by atoms with van der Waals surface area (Å²) in [4.78, 5) is 17.3. The van der Waals surface area contributed by atoms with Gasteiger partial charge in [0.15, 0.2) is 0 Å². The van der Waals surface area contributed by atoms with Gasteiger partial charge in [-0.1, -0.05) is 12.1 Å². The van der Waals surface area contributed by atoms with Crippen LogP contribution in [0.25, 0.3) is 11.3 Å². The predicted octanol–water partition coefficient (Wildman–Crippen LogP) is 4.05. The normalized spacial score (nSPS) is 17.2. The standard InChI is InChI=1S/C21H20FN3O3S2/c1-14-23-19(13-29-14)15-4-2-5-17(12-15)24-21(26)20-6-3-11-25(20)30(27,28)18-9-7-16(22)8-10-18/h2,4-5,7-10,12-13,20H,3,6,11H2,1H3,(H,24,26)/t20-/m0/s1. The largest absolute Gasteiger partial charge is 0.325 e. The van der Waals surface area contributed by atoms with Crippen molar-refractivity contribution < 1.29 is 17.6 Å². The lowest BCUT2D eigenvalue weighted by atomic mass is 10.1. The second kappa shape index (κ2) is 8.25. The van der Waals surface area contributed by atoms with Gasteiger partial charge in [-0.25, -0.2) is 17.8 Å². The maximum absolute atomic E-state index is 13.2. The van der Waals surface area contributed by atoms with Gasteiger partial charge in [0, 0.05) is 23.2 Å². The van der Waals surface area contributed by atoms with Gasteiger partial charge >= 0.3 is 0 Å². The molecule has 1 aliphatic heterocycles. The van der Waals surface area contributed by atoms with E-state index in [1.54, 1.807) is 17.4 Å². The molecule has 156 valence electrons. The maximum Gasteiger partial charge on any atom is 0.243 e. The number of aryl methyl sites for hydroxylation is 1. The van der Waals surface area contributed by atoms with Crippen LogP contribution in [0.2, 0.25) is 0 Å². The fourth-order valence-electron chi connectivity index (χ4n) is 3.51. The van der Waals surface area contributed by atoms with Crippen molar-refractivity contribution in [2.75, 3.05) is 11.9 Å². The van der Waals surface area contributed by atoms with Crippen LogP contribution in [0.5, 0.6) is 0 Å². The van der Waals surface area contributed by atoms with Crippen molar-refractivity contribution in [3.63, 3.8) is 0 Å². The molecule has 6 nitrogen and oxygen atoms in total. The van der Waals surface area contributed by atoms with Gasteiger partial charge in [-0.05, 0) is 56.2 Å². The number of benzene rings is 2. The van der Waals surface area contributed by atoms with Crippen molar-refractivity contribution in [3.05, 3.63) is 64.7 Å². The third-order valence-corrected chi connectivity index (χ3v) is 7.67. The predicted molar refractivity (Wildman–Crippen MR) is 114 cm³/mol. The first kappa shape index (κ1) is 20.6. The topological polar surface area (TPSA) is 79.4 Å². The average Bonchev–Trinajstić information content (AvgIpc) is 3.38. The highest BCUT2D eigenvalue weighted by Gasteiger charge is 2.39. The first-order valence-electron chi connectivity index (χ1n) is 9.45. The van der Waals surface area contributed by atoms with Crippen molar-refractivity contribution in [3.8, 4) is 11.3 Å². The molecule has 0 bridgehead atoms. The summed E-state index contributed by atoms with van der Waals surface area (Å²) in [6.07, 6.45) is 1.01. The fraction of sp³-hybridized carbons (Fsp3) is 0.238. The van der Waals surface area contributed by atoms with E-state index in [1.165, 1.54) is 16.4 Å². The van der Waals surface area contributed by atoms with Crippen LogP contribution in [0.3, 0.4) is 0 Å². The molecule has 3 aromatic rings. The van der Waals surface area contributed by atoms with Crippen molar-refractivity contribution in [2.24, 2.45) is 0 Å². The number of anilines is 1. The molecule has 0 saturated carbocycles. The summed E-state index contributed by atoms with van der Waals surface area (Å²) in [5.74, 6) is -0.898. The van der Waals surface area contributed by atoms with Crippen LogP contribution in [-0.4, -0.2) is 36.2 Å². The summed E-state index contributed by atoms with van der Waals surface area (Å²) >= 11 is 1.55. The van der Waals surface area contributed by atoms with Gasteiger partial charge in [0.2, 0.25) is 15.9 Å². The number of amides is 1. The van der Waals surface area contributed by atoms with Crippen LogP contribution in [0, 0.1) is 12.7 Å². The highest BCUT2D eigenvalue weighted by Crippen LogP contribution is 2.28. The molecule has 2 heterocycles. The molecule has 0 aliphatic carbocycles. The summed E-state index contributed by atoms with van der Waals surface area (Å²) in [7, 11) is -3.89. The number of sulfonamides is 1. The number of rotatable bonds is 5. The van der Waals surface area contributed by atoms with Gasteiger partial charge in [-0.2, -0.15) is 4.31 Å². The van der Waals surface area contributed by atoms with E-state index >= 15 is 0 Å². The second-order valence-corrected chi connectivity index (χ2v) is 10.0. The van der Waals surface area contributed by atoms with Crippen LogP contribution in [0.15, 0.2) is 58.8 Å². The summed E-state index contributed by atoms with van der Waals surface area (Å²) < 4.78 is 40.3. The summed E-state index contributed by atoms with van der Waals surface area (Å²) in [6, 6.07) is 11.1. The van der Waals surface area contributed by atoms with Crippen LogP contribution in [0.1, 0.15) is 17.8 Å². The summed E-state index contributed by atoms with van der Waals surface area (Å²) in [6.45, 7) is 2.17. The average molecular weight is 446 g/mol. The van der Waals surface area contributed by atoms with Crippen LogP contribution >= 0.6 is 11.3 Å². The Balaban J connectivity index is 1.54. The molecule has 30 heavy (non-hydrogen) atoms. The summed E-state index contributed by atoms with van der Waals surface area (Å²) in [5, 5.41) is 5.73.